The minimum atomic E-state index is -4.94. The van der Waals surface area contributed by atoms with Gasteiger partial charge in [0.25, 0.3) is 11.5 Å². The predicted octanol–water partition coefficient (Wildman–Crippen LogP) is 4.38. The summed E-state index contributed by atoms with van der Waals surface area (Å²) in [6.45, 7) is 6.72. The number of rotatable bonds is 5. The molecule has 2 aromatic heterocycles. The number of nitrogens with zero attached hydrogens (tertiary/aromatic N) is 6. The van der Waals surface area contributed by atoms with Gasteiger partial charge in [-0.05, 0) is 45.9 Å². The van der Waals surface area contributed by atoms with Crippen molar-refractivity contribution in [1.82, 2.24) is 19.4 Å². The Labute approximate surface area is 240 Å². The van der Waals surface area contributed by atoms with Gasteiger partial charge in [-0.3, -0.25) is 14.5 Å². The Morgan fingerprint density at radius 3 is 2.19 bits per heavy atom. The fraction of sp³-hybridized carbons (Fsp3) is 0.448. The molecule has 2 aliphatic heterocycles. The number of anilines is 3. The second kappa shape index (κ2) is 11.3. The van der Waals surface area contributed by atoms with Crippen molar-refractivity contribution in [3.05, 3.63) is 64.1 Å². The van der Waals surface area contributed by atoms with Crippen molar-refractivity contribution in [2.24, 2.45) is 7.05 Å². The summed E-state index contributed by atoms with van der Waals surface area (Å²) in [5.74, 6) is -1.12. The number of nitrogens with one attached hydrogen (secondary N) is 1. The molecule has 0 aliphatic carbocycles. The van der Waals surface area contributed by atoms with Gasteiger partial charge < -0.3 is 19.7 Å². The van der Waals surface area contributed by atoms with Gasteiger partial charge in [0, 0.05) is 81.1 Å². The maximum Gasteiger partial charge on any atom is 0.417 e. The Hall–Kier alpha value is -4.00. The summed E-state index contributed by atoms with van der Waals surface area (Å²) in [6, 6.07) is 3.27. The molecule has 0 bridgehead atoms. The molecule has 2 atom stereocenters. The van der Waals surface area contributed by atoms with E-state index in [1.807, 2.05) is 30.7 Å². The first-order chi connectivity index (χ1) is 19.8. The van der Waals surface area contributed by atoms with E-state index in [1.165, 1.54) is 31.6 Å². The molecule has 2 fully saturated rings. The van der Waals surface area contributed by atoms with Crippen LogP contribution in [0.25, 0.3) is 11.1 Å². The van der Waals surface area contributed by atoms with Crippen molar-refractivity contribution in [3.63, 3.8) is 0 Å². The van der Waals surface area contributed by atoms with E-state index in [1.54, 1.807) is 0 Å². The Bertz CT molecular complexity index is 1520. The van der Waals surface area contributed by atoms with E-state index in [9.17, 15) is 22.8 Å². The third-order valence-corrected chi connectivity index (χ3v) is 8.15. The van der Waals surface area contributed by atoms with E-state index in [2.05, 4.69) is 20.2 Å². The number of carbonyl (C=O) groups excluding carboxylic acids is 1. The lowest BCUT2D eigenvalue weighted by Crippen LogP contribution is -2.55. The summed E-state index contributed by atoms with van der Waals surface area (Å²) in [6.07, 6.45) is 1.00. The third-order valence-electron chi connectivity index (χ3n) is 8.15. The van der Waals surface area contributed by atoms with Crippen LogP contribution in [0.3, 0.4) is 0 Å². The first kappa shape index (κ1) is 29.5. The monoisotopic (exact) mass is 587 g/mol. The van der Waals surface area contributed by atoms with Gasteiger partial charge in [-0.15, -0.1) is 0 Å². The first-order valence-corrected chi connectivity index (χ1v) is 13.8. The zero-order valence-corrected chi connectivity index (χ0v) is 23.9. The first-order valence-electron chi connectivity index (χ1n) is 13.8. The van der Waals surface area contributed by atoms with Gasteiger partial charge in [0.15, 0.2) is 0 Å². The number of alkyl halides is 3. The van der Waals surface area contributed by atoms with Crippen LogP contribution in [0, 0.1) is 5.82 Å². The lowest BCUT2D eigenvalue weighted by Gasteiger charge is -2.44. The minimum Gasteiger partial charge on any atom is -0.367 e. The molecular formula is C29H33F4N7O2. The van der Waals surface area contributed by atoms with Crippen molar-refractivity contribution < 1.29 is 22.4 Å². The van der Waals surface area contributed by atoms with Crippen molar-refractivity contribution in [2.75, 3.05) is 48.3 Å². The molecule has 9 nitrogen and oxygen atoms in total. The lowest BCUT2D eigenvalue weighted by molar-refractivity contribution is -0.138. The number of benzene rings is 1. The second-order valence-corrected chi connectivity index (χ2v) is 11.1. The summed E-state index contributed by atoms with van der Waals surface area (Å²) in [7, 11) is 3.25. The molecule has 224 valence electrons. The van der Waals surface area contributed by atoms with Gasteiger partial charge in [-0.1, -0.05) is 0 Å². The van der Waals surface area contributed by atoms with Gasteiger partial charge in [0.05, 0.1) is 22.5 Å². The largest absolute Gasteiger partial charge is 0.417 e. The number of halogens is 4. The lowest BCUT2D eigenvalue weighted by atomic mass is 10.0. The molecule has 1 amide bonds. The Morgan fingerprint density at radius 2 is 1.60 bits per heavy atom. The minimum absolute atomic E-state index is 0.0899. The summed E-state index contributed by atoms with van der Waals surface area (Å²) < 4.78 is 58.1. The standard InChI is InChI=1S/C29H33F4N7O2/c1-17-14-40(15-18(2)38(17)4)25-11-23(30)20(19-12-34-28(35-13-19)39-7-5-6-8-39)9-24(25)36-27(42)21-16-37(3)26(41)10-22(21)29(31,32)33/h9-13,16-18H,5-8,14-15H2,1-4H3,(H,36,42)/t17-,18+. The number of hydrogen-bond acceptors (Lipinski definition) is 7. The second-order valence-electron chi connectivity index (χ2n) is 11.1. The predicted molar refractivity (Wildman–Crippen MR) is 152 cm³/mol. The third kappa shape index (κ3) is 5.83. The summed E-state index contributed by atoms with van der Waals surface area (Å²) in [5.41, 5.74) is -2.05. The highest BCUT2D eigenvalue weighted by Crippen LogP contribution is 2.37. The number of aromatic nitrogens is 3. The van der Waals surface area contributed by atoms with Crippen molar-refractivity contribution >= 4 is 23.2 Å². The van der Waals surface area contributed by atoms with Crippen LogP contribution in [-0.2, 0) is 13.2 Å². The summed E-state index contributed by atoms with van der Waals surface area (Å²) >= 11 is 0. The number of likely N-dealkylation sites (N-methyl/N-ethyl adjacent to an activating group) is 1. The van der Waals surface area contributed by atoms with Crippen LogP contribution < -0.4 is 20.7 Å². The molecule has 2 saturated heterocycles. The Balaban J connectivity index is 1.57. The number of carbonyl (C=O) groups is 1. The van der Waals surface area contributed by atoms with Crippen LogP contribution in [0.1, 0.15) is 42.6 Å². The SMILES string of the molecule is C[C@@H]1CN(c2cc(F)c(-c3cnc(N4CCCC4)nc3)cc2NC(=O)c2cn(C)c(=O)cc2C(F)(F)F)C[C@H](C)N1C. The van der Waals surface area contributed by atoms with Crippen LogP contribution in [0.2, 0.25) is 0 Å². The fourth-order valence-corrected chi connectivity index (χ4v) is 5.52. The fourth-order valence-electron chi connectivity index (χ4n) is 5.52. The molecule has 0 saturated carbocycles. The molecule has 0 spiro atoms. The maximum absolute atomic E-state index is 15.7. The topological polar surface area (TPSA) is 86.6 Å². The van der Waals surface area contributed by atoms with E-state index in [-0.39, 0.29) is 23.3 Å². The van der Waals surface area contributed by atoms with E-state index < -0.39 is 34.6 Å². The smallest absolute Gasteiger partial charge is 0.367 e. The van der Waals surface area contributed by atoms with E-state index in [0.717, 1.165) is 36.7 Å². The van der Waals surface area contributed by atoms with Crippen molar-refractivity contribution in [1.29, 1.82) is 0 Å². The van der Waals surface area contributed by atoms with Crippen LogP contribution in [-0.4, -0.2) is 70.7 Å². The number of piperazine rings is 1. The highest BCUT2D eigenvalue weighted by atomic mass is 19.4. The molecule has 1 N–H and O–H groups in total. The highest BCUT2D eigenvalue weighted by molar-refractivity contribution is 6.07. The Morgan fingerprint density at radius 1 is 0.976 bits per heavy atom. The normalized spacial score (nSPS) is 19.8. The molecule has 5 rings (SSSR count). The molecule has 0 unspecified atom stereocenters. The summed E-state index contributed by atoms with van der Waals surface area (Å²) in [5, 5.41) is 2.59. The molecule has 2 aliphatic rings. The van der Waals surface area contributed by atoms with Gasteiger partial charge in [-0.2, -0.15) is 13.2 Å². The average Bonchev–Trinajstić information content (AvgIpc) is 3.48. The maximum atomic E-state index is 15.7. The van der Waals surface area contributed by atoms with Crippen LogP contribution in [0.4, 0.5) is 34.9 Å². The molecule has 3 aromatic rings. The van der Waals surface area contributed by atoms with Crippen LogP contribution in [0.5, 0.6) is 0 Å². The van der Waals surface area contributed by atoms with E-state index in [0.29, 0.717) is 36.4 Å². The van der Waals surface area contributed by atoms with Gasteiger partial charge in [-0.25, -0.2) is 14.4 Å². The van der Waals surface area contributed by atoms with Crippen LogP contribution >= 0.6 is 0 Å². The van der Waals surface area contributed by atoms with Gasteiger partial charge in [0.2, 0.25) is 5.95 Å². The van der Waals surface area contributed by atoms with Crippen molar-refractivity contribution in [2.45, 2.75) is 44.9 Å². The van der Waals surface area contributed by atoms with Gasteiger partial charge >= 0.3 is 6.18 Å². The average molecular weight is 588 g/mol. The van der Waals surface area contributed by atoms with E-state index >= 15 is 4.39 Å². The number of amides is 1. The molecule has 42 heavy (non-hydrogen) atoms. The zero-order chi connectivity index (χ0) is 30.3. The number of aryl methyl sites for hydroxylation is 1. The number of hydrogen-bond donors (Lipinski definition) is 1. The number of pyridine rings is 1. The molecule has 4 heterocycles. The van der Waals surface area contributed by atoms with Gasteiger partial charge in [0.1, 0.15) is 5.82 Å². The van der Waals surface area contributed by atoms with Crippen molar-refractivity contribution in [3.8, 4) is 11.1 Å². The molecular weight excluding hydrogens is 554 g/mol. The molecule has 1 aromatic carbocycles. The molecule has 13 heteroatoms. The van der Waals surface area contributed by atoms with E-state index in [4.69, 9.17) is 0 Å². The van der Waals surface area contributed by atoms with Crippen LogP contribution in [0.15, 0.2) is 41.6 Å². The zero-order valence-electron chi connectivity index (χ0n) is 23.9. The Kier molecular flexibility index (Phi) is 7.97. The quantitative estimate of drug-likeness (QED) is 0.444. The highest BCUT2D eigenvalue weighted by Gasteiger charge is 2.37. The molecule has 0 radical (unpaired) electrons. The summed E-state index contributed by atoms with van der Waals surface area (Å²) in [4.78, 5) is 40.3.